The average molecular weight is 240 g/mol. The molecule has 0 radical (unpaired) electrons. The zero-order chi connectivity index (χ0) is 12.5. The molecule has 0 amide bonds. The van der Waals surface area contributed by atoms with Gasteiger partial charge in [0.2, 0.25) is 5.95 Å². The predicted octanol–water partition coefficient (Wildman–Crippen LogP) is 1.28. The van der Waals surface area contributed by atoms with Crippen molar-refractivity contribution in [2.24, 2.45) is 0 Å². The van der Waals surface area contributed by atoms with Gasteiger partial charge in [-0.2, -0.15) is 0 Å². The maximum absolute atomic E-state index is 5.34. The Hall–Kier alpha value is -1.07. The summed E-state index contributed by atoms with van der Waals surface area (Å²) in [6.07, 6.45) is 4.92. The van der Waals surface area contributed by atoms with Gasteiger partial charge in [-0.3, -0.25) is 0 Å². The lowest BCUT2D eigenvalue weighted by Gasteiger charge is -2.11. The molecule has 0 aliphatic carbocycles. The number of rotatable bonds is 9. The van der Waals surface area contributed by atoms with Crippen LogP contribution in [-0.4, -0.2) is 54.8 Å². The first-order valence-electron chi connectivity index (χ1n) is 6.21. The number of anilines is 1. The van der Waals surface area contributed by atoms with E-state index in [0.717, 1.165) is 45.2 Å². The van der Waals surface area contributed by atoms with Crippen molar-refractivity contribution in [3.8, 4) is 0 Å². The normalized spacial score (nSPS) is 11.1. The zero-order valence-electron chi connectivity index (χ0n) is 11.1. The second kappa shape index (κ2) is 8.08. The Bertz CT molecular complexity index is 298. The first-order valence-corrected chi connectivity index (χ1v) is 6.21. The van der Waals surface area contributed by atoms with Crippen LogP contribution in [0.5, 0.6) is 0 Å². The summed E-state index contributed by atoms with van der Waals surface area (Å²) >= 11 is 0. The molecule has 1 rings (SSSR count). The molecule has 0 atom stereocenters. The molecule has 98 valence electrons. The van der Waals surface area contributed by atoms with Crippen molar-refractivity contribution in [1.29, 1.82) is 0 Å². The summed E-state index contributed by atoms with van der Waals surface area (Å²) in [5.74, 6) is 0.934. The molecule has 1 N–H and O–H groups in total. The maximum Gasteiger partial charge on any atom is 0.202 e. The van der Waals surface area contributed by atoms with E-state index in [9.17, 15) is 0 Å². The molecule has 0 aliphatic heterocycles. The van der Waals surface area contributed by atoms with Gasteiger partial charge in [-0.15, -0.1) is 0 Å². The number of aromatic nitrogens is 2. The van der Waals surface area contributed by atoms with Crippen molar-refractivity contribution in [2.45, 2.75) is 19.9 Å². The molecule has 1 aromatic rings. The minimum Gasteiger partial charge on any atom is -0.380 e. The predicted molar refractivity (Wildman–Crippen MR) is 70.4 cm³/mol. The third-order valence-corrected chi connectivity index (χ3v) is 2.46. The SMILES string of the molecule is CCOCCn1ccnc1NCCCN(C)C. The third kappa shape index (κ3) is 5.70. The Morgan fingerprint density at radius 1 is 1.47 bits per heavy atom. The van der Waals surface area contributed by atoms with E-state index in [-0.39, 0.29) is 0 Å². The van der Waals surface area contributed by atoms with E-state index in [1.54, 1.807) is 0 Å². The van der Waals surface area contributed by atoms with E-state index in [0.29, 0.717) is 0 Å². The molecule has 17 heavy (non-hydrogen) atoms. The maximum atomic E-state index is 5.34. The lowest BCUT2D eigenvalue weighted by molar-refractivity contribution is 0.139. The van der Waals surface area contributed by atoms with Crippen LogP contribution in [0.2, 0.25) is 0 Å². The largest absolute Gasteiger partial charge is 0.380 e. The van der Waals surface area contributed by atoms with Gasteiger partial charge in [0.25, 0.3) is 0 Å². The molecule has 0 fully saturated rings. The molecule has 0 aliphatic rings. The van der Waals surface area contributed by atoms with Crippen LogP contribution in [-0.2, 0) is 11.3 Å². The minimum atomic E-state index is 0.735. The van der Waals surface area contributed by atoms with Gasteiger partial charge in [0.05, 0.1) is 6.61 Å². The highest BCUT2D eigenvalue weighted by Crippen LogP contribution is 2.04. The molecule has 0 unspecified atom stereocenters. The summed E-state index contributed by atoms with van der Waals surface area (Å²) in [6.45, 7) is 6.40. The highest BCUT2D eigenvalue weighted by atomic mass is 16.5. The quantitative estimate of drug-likeness (QED) is 0.660. The molecular weight excluding hydrogens is 216 g/mol. The fourth-order valence-electron chi connectivity index (χ4n) is 1.56. The fourth-order valence-corrected chi connectivity index (χ4v) is 1.56. The standard InChI is InChI=1S/C12H24N4O/c1-4-17-11-10-16-9-7-14-12(16)13-6-5-8-15(2)3/h7,9H,4-6,8,10-11H2,1-3H3,(H,13,14). The van der Waals surface area contributed by atoms with Gasteiger partial charge in [-0.1, -0.05) is 0 Å². The molecule has 0 bridgehead atoms. The van der Waals surface area contributed by atoms with E-state index in [1.165, 1.54) is 0 Å². The van der Waals surface area contributed by atoms with Gasteiger partial charge in [-0.05, 0) is 34.0 Å². The monoisotopic (exact) mass is 240 g/mol. The first-order chi connectivity index (χ1) is 8.24. The molecule has 1 aromatic heterocycles. The smallest absolute Gasteiger partial charge is 0.202 e. The van der Waals surface area contributed by atoms with Crippen LogP contribution in [0, 0.1) is 0 Å². The van der Waals surface area contributed by atoms with Gasteiger partial charge in [0.15, 0.2) is 0 Å². The van der Waals surface area contributed by atoms with Crippen LogP contribution >= 0.6 is 0 Å². The Morgan fingerprint density at radius 2 is 2.29 bits per heavy atom. The van der Waals surface area contributed by atoms with E-state index < -0.39 is 0 Å². The van der Waals surface area contributed by atoms with E-state index in [4.69, 9.17) is 4.74 Å². The molecule has 5 nitrogen and oxygen atoms in total. The van der Waals surface area contributed by atoms with Gasteiger partial charge in [0, 0.05) is 32.1 Å². The molecular formula is C12H24N4O. The van der Waals surface area contributed by atoms with Crippen LogP contribution in [0.25, 0.3) is 0 Å². The van der Waals surface area contributed by atoms with E-state index in [2.05, 4.69) is 33.9 Å². The van der Waals surface area contributed by atoms with Crippen LogP contribution in [0.1, 0.15) is 13.3 Å². The third-order valence-electron chi connectivity index (χ3n) is 2.46. The lowest BCUT2D eigenvalue weighted by atomic mass is 10.4. The molecule has 5 heteroatoms. The minimum absolute atomic E-state index is 0.735. The topological polar surface area (TPSA) is 42.3 Å². The van der Waals surface area contributed by atoms with Crippen molar-refractivity contribution >= 4 is 5.95 Å². The summed E-state index contributed by atoms with van der Waals surface area (Å²) in [5.41, 5.74) is 0. The lowest BCUT2D eigenvalue weighted by Crippen LogP contribution is -2.18. The molecule has 0 spiro atoms. The average Bonchev–Trinajstić information content (AvgIpc) is 2.72. The Balaban J connectivity index is 2.25. The molecule has 0 aromatic carbocycles. The van der Waals surface area contributed by atoms with Gasteiger partial charge in [0.1, 0.15) is 0 Å². The second-order valence-corrected chi connectivity index (χ2v) is 4.22. The van der Waals surface area contributed by atoms with Crippen molar-refractivity contribution < 1.29 is 4.74 Å². The second-order valence-electron chi connectivity index (χ2n) is 4.22. The van der Waals surface area contributed by atoms with E-state index >= 15 is 0 Å². The summed E-state index contributed by atoms with van der Waals surface area (Å²) in [5, 5.41) is 3.35. The number of nitrogens with one attached hydrogen (secondary N) is 1. The highest BCUT2D eigenvalue weighted by Gasteiger charge is 2.01. The summed E-state index contributed by atoms with van der Waals surface area (Å²) < 4.78 is 7.42. The zero-order valence-corrected chi connectivity index (χ0v) is 11.1. The fraction of sp³-hybridized carbons (Fsp3) is 0.750. The van der Waals surface area contributed by atoms with Crippen molar-refractivity contribution in [2.75, 3.05) is 45.7 Å². The van der Waals surface area contributed by atoms with Crippen LogP contribution in [0.3, 0.4) is 0 Å². The summed E-state index contributed by atoms with van der Waals surface area (Å²) in [4.78, 5) is 6.48. The van der Waals surface area contributed by atoms with Crippen LogP contribution in [0.4, 0.5) is 5.95 Å². The molecule has 1 heterocycles. The number of hydrogen-bond donors (Lipinski definition) is 1. The molecule has 0 saturated heterocycles. The van der Waals surface area contributed by atoms with Crippen molar-refractivity contribution in [3.05, 3.63) is 12.4 Å². The number of nitrogens with zero attached hydrogens (tertiary/aromatic N) is 3. The Morgan fingerprint density at radius 3 is 3.00 bits per heavy atom. The van der Waals surface area contributed by atoms with Crippen LogP contribution < -0.4 is 5.32 Å². The summed E-state index contributed by atoms with van der Waals surface area (Å²) in [7, 11) is 4.17. The van der Waals surface area contributed by atoms with Gasteiger partial charge in [-0.25, -0.2) is 4.98 Å². The van der Waals surface area contributed by atoms with E-state index in [1.807, 2.05) is 19.3 Å². The van der Waals surface area contributed by atoms with Crippen LogP contribution in [0.15, 0.2) is 12.4 Å². The number of hydrogen-bond acceptors (Lipinski definition) is 4. The Kier molecular flexibility index (Phi) is 6.65. The number of imidazole rings is 1. The van der Waals surface area contributed by atoms with Crippen molar-refractivity contribution in [3.63, 3.8) is 0 Å². The van der Waals surface area contributed by atoms with Gasteiger partial charge < -0.3 is 19.5 Å². The van der Waals surface area contributed by atoms with Gasteiger partial charge >= 0.3 is 0 Å². The Labute approximate surface area is 104 Å². The summed E-state index contributed by atoms with van der Waals surface area (Å²) in [6, 6.07) is 0. The highest BCUT2D eigenvalue weighted by molar-refractivity contribution is 5.25. The first kappa shape index (κ1) is 14.0. The van der Waals surface area contributed by atoms with Crippen molar-refractivity contribution in [1.82, 2.24) is 14.5 Å². The molecule has 0 saturated carbocycles. The number of ether oxygens (including phenoxy) is 1.